The second-order valence-electron chi connectivity index (χ2n) is 4.90. The van der Waals surface area contributed by atoms with Crippen LogP contribution in [-0.2, 0) is 9.47 Å². The number of methoxy groups -OCH3 is 1. The molecule has 1 N–H and O–H groups in total. The molecule has 1 aliphatic rings. The molecule has 19 heavy (non-hydrogen) atoms. The van der Waals surface area contributed by atoms with Gasteiger partial charge in [-0.25, -0.2) is 0 Å². The van der Waals surface area contributed by atoms with E-state index < -0.39 is 0 Å². The fourth-order valence-corrected chi connectivity index (χ4v) is 2.21. The van der Waals surface area contributed by atoms with Crippen molar-refractivity contribution < 1.29 is 14.2 Å². The van der Waals surface area contributed by atoms with Crippen molar-refractivity contribution in [2.75, 3.05) is 32.2 Å². The van der Waals surface area contributed by atoms with E-state index in [4.69, 9.17) is 14.2 Å². The van der Waals surface area contributed by atoms with E-state index in [1.54, 1.807) is 7.11 Å². The predicted molar refractivity (Wildman–Crippen MR) is 75.9 cm³/mol. The van der Waals surface area contributed by atoms with Gasteiger partial charge in [-0.1, -0.05) is 6.07 Å². The molecule has 1 saturated heterocycles. The molecule has 1 heterocycles. The summed E-state index contributed by atoms with van der Waals surface area (Å²) in [6.07, 6.45) is 3.02. The van der Waals surface area contributed by atoms with Gasteiger partial charge >= 0.3 is 0 Å². The predicted octanol–water partition coefficient (Wildman–Crippen LogP) is 2.69. The lowest BCUT2D eigenvalue weighted by Gasteiger charge is -2.14. The van der Waals surface area contributed by atoms with Gasteiger partial charge in [-0.2, -0.15) is 0 Å². The van der Waals surface area contributed by atoms with Crippen molar-refractivity contribution in [3.63, 3.8) is 0 Å². The number of hydrogen-bond acceptors (Lipinski definition) is 4. The van der Waals surface area contributed by atoms with Gasteiger partial charge in [0, 0.05) is 25.4 Å². The maximum Gasteiger partial charge on any atom is 0.121 e. The first-order valence-corrected chi connectivity index (χ1v) is 6.89. The third-order valence-corrected chi connectivity index (χ3v) is 3.24. The lowest BCUT2D eigenvalue weighted by atomic mass is 10.2. The summed E-state index contributed by atoms with van der Waals surface area (Å²) in [6, 6.07) is 7.99. The normalized spacial score (nSPS) is 22.4. The van der Waals surface area contributed by atoms with E-state index >= 15 is 0 Å². The molecule has 1 fully saturated rings. The van der Waals surface area contributed by atoms with Crippen LogP contribution in [0.15, 0.2) is 24.3 Å². The van der Waals surface area contributed by atoms with Gasteiger partial charge in [0.05, 0.1) is 18.8 Å². The zero-order valence-corrected chi connectivity index (χ0v) is 11.7. The molecule has 0 aromatic heterocycles. The second-order valence-corrected chi connectivity index (χ2v) is 4.90. The first-order chi connectivity index (χ1) is 9.28. The van der Waals surface area contributed by atoms with E-state index in [0.29, 0.717) is 25.4 Å². The third kappa shape index (κ3) is 4.73. The lowest BCUT2D eigenvalue weighted by molar-refractivity contribution is 0.0637. The van der Waals surface area contributed by atoms with Crippen LogP contribution in [0.1, 0.15) is 19.8 Å². The Hall–Kier alpha value is -1.26. The molecule has 0 aliphatic carbocycles. The molecule has 0 spiro atoms. The van der Waals surface area contributed by atoms with Crippen molar-refractivity contribution in [1.29, 1.82) is 0 Å². The standard InChI is InChI=1S/C15H23NO3/c1-12-6-7-15(19-12)11-16-13-4-3-5-14(10-13)18-9-8-17-2/h3-5,10,12,15-16H,6-9,11H2,1-2H3. The van der Waals surface area contributed by atoms with Crippen LogP contribution in [0, 0.1) is 0 Å². The molecule has 2 unspecified atom stereocenters. The van der Waals surface area contributed by atoms with Crippen LogP contribution in [-0.4, -0.2) is 39.1 Å². The van der Waals surface area contributed by atoms with E-state index in [2.05, 4.69) is 12.2 Å². The largest absolute Gasteiger partial charge is 0.491 e. The van der Waals surface area contributed by atoms with Gasteiger partial charge in [0.2, 0.25) is 0 Å². The SMILES string of the molecule is COCCOc1cccc(NCC2CCC(C)O2)c1. The first-order valence-electron chi connectivity index (χ1n) is 6.89. The van der Waals surface area contributed by atoms with Crippen LogP contribution in [0.4, 0.5) is 5.69 Å². The monoisotopic (exact) mass is 265 g/mol. The molecule has 0 saturated carbocycles. The maximum absolute atomic E-state index is 5.78. The molecule has 1 aromatic rings. The van der Waals surface area contributed by atoms with Gasteiger partial charge in [-0.15, -0.1) is 0 Å². The van der Waals surface area contributed by atoms with Crippen molar-refractivity contribution in [2.24, 2.45) is 0 Å². The van der Waals surface area contributed by atoms with Gasteiger partial charge < -0.3 is 19.5 Å². The van der Waals surface area contributed by atoms with Crippen molar-refractivity contribution in [3.05, 3.63) is 24.3 Å². The molecule has 2 rings (SSSR count). The van der Waals surface area contributed by atoms with Crippen molar-refractivity contribution >= 4 is 5.69 Å². The molecule has 1 aromatic carbocycles. The van der Waals surface area contributed by atoms with Crippen LogP contribution in [0.2, 0.25) is 0 Å². The van der Waals surface area contributed by atoms with Crippen molar-refractivity contribution in [1.82, 2.24) is 0 Å². The zero-order valence-electron chi connectivity index (χ0n) is 11.7. The van der Waals surface area contributed by atoms with Crippen LogP contribution < -0.4 is 10.1 Å². The minimum atomic E-state index is 0.327. The molecule has 0 bridgehead atoms. The quantitative estimate of drug-likeness (QED) is 0.769. The number of hydrogen-bond donors (Lipinski definition) is 1. The highest BCUT2D eigenvalue weighted by atomic mass is 16.5. The zero-order chi connectivity index (χ0) is 13.5. The third-order valence-electron chi connectivity index (χ3n) is 3.24. The topological polar surface area (TPSA) is 39.7 Å². The average Bonchev–Trinajstić information content (AvgIpc) is 2.83. The first kappa shape index (κ1) is 14.2. The molecule has 1 aliphatic heterocycles. The summed E-state index contributed by atoms with van der Waals surface area (Å²) in [5.41, 5.74) is 1.07. The highest BCUT2D eigenvalue weighted by Gasteiger charge is 2.21. The number of rotatable bonds is 7. The van der Waals surface area contributed by atoms with Gasteiger partial charge in [-0.05, 0) is 31.9 Å². The van der Waals surface area contributed by atoms with Gasteiger partial charge in [-0.3, -0.25) is 0 Å². The Morgan fingerprint density at radius 2 is 2.21 bits per heavy atom. The van der Waals surface area contributed by atoms with Crippen LogP contribution in [0.3, 0.4) is 0 Å². The van der Waals surface area contributed by atoms with E-state index in [1.165, 1.54) is 0 Å². The summed E-state index contributed by atoms with van der Waals surface area (Å²) in [7, 11) is 1.67. The molecule has 2 atom stereocenters. The van der Waals surface area contributed by atoms with Crippen LogP contribution in [0.25, 0.3) is 0 Å². The molecule has 106 valence electrons. The summed E-state index contributed by atoms with van der Waals surface area (Å²) in [5, 5.41) is 3.40. The summed E-state index contributed by atoms with van der Waals surface area (Å²) in [5.74, 6) is 0.864. The molecule has 4 heteroatoms. The lowest BCUT2D eigenvalue weighted by Crippen LogP contribution is -2.19. The Morgan fingerprint density at radius 1 is 1.32 bits per heavy atom. The molecule has 0 amide bonds. The Balaban J connectivity index is 1.78. The summed E-state index contributed by atoms with van der Waals surface area (Å²) in [6.45, 7) is 4.16. The van der Waals surface area contributed by atoms with E-state index in [9.17, 15) is 0 Å². The van der Waals surface area contributed by atoms with Crippen molar-refractivity contribution in [2.45, 2.75) is 32.0 Å². The Kier molecular flexibility index (Phi) is 5.48. The average molecular weight is 265 g/mol. The van der Waals surface area contributed by atoms with E-state index in [1.807, 2.05) is 24.3 Å². The van der Waals surface area contributed by atoms with Gasteiger partial charge in [0.1, 0.15) is 12.4 Å². The fourth-order valence-electron chi connectivity index (χ4n) is 2.21. The Bertz CT molecular complexity index is 383. The fraction of sp³-hybridized carbons (Fsp3) is 0.600. The van der Waals surface area contributed by atoms with Crippen LogP contribution in [0.5, 0.6) is 5.75 Å². The van der Waals surface area contributed by atoms with Crippen LogP contribution >= 0.6 is 0 Å². The molecule has 0 radical (unpaired) electrons. The molecular weight excluding hydrogens is 242 g/mol. The van der Waals surface area contributed by atoms with Gasteiger partial charge in [0.15, 0.2) is 0 Å². The molecule has 4 nitrogen and oxygen atoms in total. The molecular formula is C15H23NO3. The maximum atomic E-state index is 5.78. The number of anilines is 1. The minimum absolute atomic E-state index is 0.327. The summed E-state index contributed by atoms with van der Waals surface area (Å²) in [4.78, 5) is 0. The summed E-state index contributed by atoms with van der Waals surface area (Å²) >= 11 is 0. The Labute approximate surface area is 115 Å². The van der Waals surface area contributed by atoms with Gasteiger partial charge in [0.25, 0.3) is 0 Å². The number of benzene rings is 1. The van der Waals surface area contributed by atoms with Crippen molar-refractivity contribution in [3.8, 4) is 5.75 Å². The highest BCUT2D eigenvalue weighted by molar-refractivity contribution is 5.48. The Morgan fingerprint density at radius 3 is 2.95 bits per heavy atom. The number of ether oxygens (including phenoxy) is 3. The number of nitrogens with one attached hydrogen (secondary N) is 1. The second kappa shape index (κ2) is 7.36. The summed E-state index contributed by atoms with van der Waals surface area (Å²) < 4.78 is 16.3. The van der Waals surface area contributed by atoms with E-state index in [0.717, 1.165) is 30.8 Å². The highest BCUT2D eigenvalue weighted by Crippen LogP contribution is 2.21. The van der Waals surface area contributed by atoms with E-state index in [-0.39, 0.29) is 0 Å². The minimum Gasteiger partial charge on any atom is -0.491 e. The smallest absolute Gasteiger partial charge is 0.121 e.